The molecule has 2 aromatic rings. The minimum absolute atomic E-state index is 0.0705. The van der Waals surface area contributed by atoms with Crippen molar-refractivity contribution in [1.29, 1.82) is 0 Å². The molecule has 140 valence electrons. The lowest BCUT2D eigenvalue weighted by Gasteiger charge is -2.17. The molecule has 26 heavy (non-hydrogen) atoms. The largest absolute Gasteiger partial charge is 0.326 e. The first-order chi connectivity index (χ1) is 12.3. The van der Waals surface area contributed by atoms with Crippen LogP contribution in [-0.4, -0.2) is 31.4 Å². The molecule has 0 radical (unpaired) electrons. The van der Waals surface area contributed by atoms with Crippen LogP contribution >= 0.6 is 0 Å². The monoisotopic (exact) mass is 374 g/mol. The molecule has 5 nitrogen and oxygen atoms in total. The SMILES string of the molecule is CCc1cccc(C)c1NC(=O)CCS(=O)(=O)N(C)Cc1ccccc1. The molecule has 0 bridgehead atoms. The third kappa shape index (κ3) is 5.41. The first kappa shape index (κ1) is 20.1. The molecule has 0 aliphatic carbocycles. The van der Waals surface area contributed by atoms with Crippen LogP contribution in [0.3, 0.4) is 0 Å². The average Bonchev–Trinajstić information content (AvgIpc) is 2.62. The van der Waals surface area contributed by atoms with Crippen molar-refractivity contribution in [2.24, 2.45) is 0 Å². The molecule has 1 N–H and O–H groups in total. The number of amides is 1. The molecule has 0 unspecified atom stereocenters. The van der Waals surface area contributed by atoms with E-state index in [0.29, 0.717) is 6.54 Å². The highest BCUT2D eigenvalue weighted by Gasteiger charge is 2.20. The highest BCUT2D eigenvalue weighted by atomic mass is 32.2. The number of hydrogen-bond acceptors (Lipinski definition) is 3. The zero-order valence-corrected chi connectivity index (χ0v) is 16.3. The van der Waals surface area contributed by atoms with Crippen LogP contribution in [0.15, 0.2) is 48.5 Å². The molecular formula is C20H26N2O3S. The lowest BCUT2D eigenvalue weighted by atomic mass is 10.1. The highest BCUT2D eigenvalue weighted by Crippen LogP contribution is 2.21. The third-order valence-corrected chi connectivity index (χ3v) is 6.11. The van der Waals surface area contributed by atoms with Crippen LogP contribution in [0, 0.1) is 6.92 Å². The zero-order chi connectivity index (χ0) is 19.2. The average molecular weight is 375 g/mol. The Morgan fingerprint density at radius 1 is 1.08 bits per heavy atom. The normalized spacial score (nSPS) is 11.5. The fourth-order valence-corrected chi connectivity index (χ4v) is 3.82. The fraction of sp³-hybridized carbons (Fsp3) is 0.350. The Morgan fingerprint density at radius 3 is 2.42 bits per heavy atom. The second-order valence-corrected chi connectivity index (χ2v) is 8.51. The molecule has 1 amide bonds. The Labute approximate surface area is 156 Å². The molecule has 0 aliphatic heterocycles. The summed E-state index contributed by atoms with van der Waals surface area (Å²) >= 11 is 0. The number of sulfonamides is 1. The van der Waals surface area contributed by atoms with Crippen molar-refractivity contribution in [2.75, 3.05) is 18.1 Å². The van der Waals surface area contributed by atoms with E-state index in [4.69, 9.17) is 0 Å². The van der Waals surface area contributed by atoms with Gasteiger partial charge in [-0.2, -0.15) is 0 Å². The van der Waals surface area contributed by atoms with Gasteiger partial charge in [-0.25, -0.2) is 12.7 Å². The number of aryl methyl sites for hydroxylation is 2. The van der Waals surface area contributed by atoms with Gasteiger partial charge in [-0.05, 0) is 30.0 Å². The van der Waals surface area contributed by atoms with E-state index in [1.54, 1.807) is 0 Å². The zero-order valence-electron chi connectivity index (χ0n) is 15.5. The van der Waals surface area contributed by atoms with Gasteiger partial charge >= 0.3 is 0 Å². The van der Waals surface area contributed by atoms with Crippen molar-refractivity contribution in [3.8, 4) is 0 Å². The van der Waals surface area contributed by atoms with Crippen molar-refractivity contribution in [3.05, 3.63) is 65.2 Å². The van der Waals surface area contributed by atoms with E-state index in [-0.39, 0.29) is 18.1 Å². The number of hydrogen-bond donors (Lipinski definition) is 1. The van der Waals surface area contributed by atoms with Gasteiger partial charge in [0, 0.05) is 25.7 Å². The minimum Gasteiger partial charge on any atom is -0.326 e. The predicted molar refractivity (Wildman–Crippen MR) is 105 cm³/mol. The number of rotatable bonds is 8. The number of para-hydroxylation sites is 1. The van der Waals surface area contributed by atoms with E-state index in [2.05, 4.69) is 5.32 Å². The van der Waals surface area contributed by atoms with E-state index in [1.165, 1.54) is 11.4 Å². The fourth-order valence-electron chi connectivity index (χ4n) is 2.72. The lowest BCUT2D eigenvalue weighted by Crippen LogP contribution is -2.30. The Kier molecular flexibility index (Phi) is 6.94. The molecule has 0 aromatic heterocycles. The number of anilines is 1. The number of benzene rings is 2. The third-order valence-electron chi connectivity index (χ3n) is 4.31. The maximum atomic E-state index is 12.4. The second kappa shape index (κ2) is 8.96. The van der Waals surface area contributed by atoms with Crippen molar-refractivity contribution in [3.63, 3.8) is 0 Å². The summed E-state index contributed by atoms with van der Waals surface area (Å²) in [6, 6.07) is 15.2. The molecule has 0 atom stereocenters. The number of nitrogens with zero attached hydrogens (tertiary/aromatic N) is 1. The van der Waals surface area contributed by atoms with Gasteiger partial charge in [0.1, 0.15) is 0 Å². The molecular weight excluding hydrogens is 348 g/mol. The maximum Gasteiger partial charge on any atom is 0.225 e. The van der Waals surface area contributed by atoms with E-state index in [0.717, 1.165) is 28.8 Å². The van der Waals surface area contributed by atoms with Gasteiger partial charge in [0.25, 0.3) is 0 Å². The molecule has 0 saturated carbocycles. The Bertz CT molecular complexity index is 849. The van der Waals surface area contributed by atoms with Gasteiger partial charge in [0.15, 0.2) is 0 Å². The van der Waals surface area contributed by atoms with Crippen LogP contribution < -0.4 is 5.32 Å². The Balaban J connectivity index is 1.96. The van der Waals surface area contributed by atoms with Gasteiger partial charge in [-0.3, -0.25) is 4.79 Å². The first-order valence-electron chi connectivity index (χ1n) is 8.69. The summed E-state index contributed by atoms with van der Waals surface area (Å²) in [6.45, 7) is 4.25. The topological polar surface area (TPSA) is 66.5 Å². The van der Waals surface area contributed by atoms with Gasteiger partial charge in [0.2, 0.25) is 15.9 Å². The van der Waals surface area contributed by atoms with Crippen LogP contribution in [0.1, 0.15) is 30.0 Å². The number of carbonyl (C=O) groups is 1. The summed E-state index contributed by atoms with van der Waals surface area (Å²) in [5.74, 6) is -0.499. The van der Waals surface area contributed by atoms with E-state index < -0.39 is 10.0 Å². The van der Waals surface area contributed by atoms with Gasteiger partial charge in [0.05, 0.1) is 5.75 Å². The van der Waals surface area contributed by atoms with Crippen LogP contribution in [0.25, 0.3) is 0 Å². The summed E-state index contributed by atoms with van der Waals surface area (Å²) in [4.78, 5) is 12.3. The number of nitrogens with one attached hydrogen (secondary N) is 1. The van der Waals surface area contributed by atoms with Crippen LogP contribution in [0.5, 0.6) is 0 Å². The smallest absolute Gasteiger partial charge is 0.225 e. The van der Waals surface area contributed by atoms with Crippen LogP contribution in [0.4, 0.5) is 5.69 Å². The van der Waals surface area contributed by atoms with Gasteiger partial charge in [-0.15, -0.1) is 0 Å². The summed E-state index contributed by atoms with van der Waals surface area (Å²) in [5.41, 5.74) is 3.72. The number of carbonyl (C=O) groups excluding carboxylic acids is 1. The minimum atomic E-state index is -3.50. The summed E-state index contributed by atoms with van der Waals surface area (Å²) < 4.78 is 26.1. The maximum absolute atomic E-state index is 12.4. The quantitative estimate of drug-likeness (QED) is 0.770. The van der Waals surface area contributed by atoms with Crippen LogP contribution in [0.2, 0.25) is 0 Å². The summed E-state index contributed by atoms with van der Waals surface area (Å²) in [7, 11) is -1.96. The molecule has 2 rings (SSSR count). The van der Waals surface area contributed by atoms with Gasteiger partial charge in [-0.1, -0.05) is 55.5 Å². The molecule has 2 aromatic carbocycles. The molecule has 0 spiro atoms. The molecule has 0 heterocycles. The van der Waals surface area contributed by atoms with E-state index in [1.807, 2.05) is 62.4 Å². The molecule has 0 aliphatic rings. The van der Waals surface area contributed by atoms with Crippen molar-refractivity contribution >= 4 is 21.6 Å². The highest BCUT2D eigenvalue weighted by molar-refractivity contribution is 7.89. The summed E-state index contributed by atoms with van der Waals surface area (Å²) in [6.07, 6.45) is 0.731. The molecule has 0 saturated heterocycles. The second-order valence-electron chi connectivity index (χ2n) is 6.32. The van der Waals surface area contributed by atoms with E-state index in [9.17, 15) is 13.2 Å². The van der Waals surface area contributed by atoms with E-state index >= 15 is 0 Å². The Morgan fingerprint density at radius 2 is 1.77 bits per heavy atom. The van der Waals surface area contributed by atoms with Crippen LogP contribution in [-0.2, 0) is 27.8 Å². The lowest BCUT2D eigenvalue weighted by molar-refractivity contribution is -0.115. The van der Waals surface area contributed by atoms with Crippen molar-refractivity contribution in [2.45, 2.75) is 33.2 Å². The molecule has 0 fully saturated rings. The standard InChI is InChI=1S/C20H26N2O3S/c1-4-18-12-8-9-16(2)20(18)21-19(23)13-14-26(24,25)22(3)15-17-10-6-5-7-11-17/h5-12H,4,13-15H2,1-3H3,(H,21,23). The molecule has 6 heteroatoms. The Hall–Kier alpha value is -2.18. The summed E-state index contributed by atoms with van der Waals surface area (Å²) in [5, 5.41) is 2.87. The van der Waals surface area contributed by atoms with Crippen molar-refractivity contribution < 1.29 is 13.2 Å². The first-order valence-corrected chi connectivity index (χ1v) is 10.3. The van der Waals surface area contributed by atoms with Crippen molar-refractivity contribution in [1.82, 2.24) is 4.31 Å². The predicted octanol–water partition coefficient (Wildman–Crippen LogP) is 3.35. The van der Waals surface area contributed by atoms with Gasteiger partial charge < -0.3 is 5.32 Å².